The van der Waals surface area contributed by atoms with Gasteiger partial charge in [0.2, 0.25) is 0 Å². The zero-order chi connectivity index (χ0) is 10.1. The van der Waals surface area contributed by atoms with E-state index in [1.165, 1.54) is 0 Å². The summed E-state index contributed by atoms with van der Waals surface area (Å²) in [6.45, 7) is 2.00. The maximum Gasteiger partial charge on any atom is 0.336 e. The highest BCUT2D eigenvalue weighted by Gasteiger charge is 2.24. The van der Waals surface area contributed by atoms with Gasteiger partial charge in [-0.2, -0.15) is 0 Å². The molecular weight excluding hydrogens is 176 g/mol. The highest BCUT2D eigenvalue weighted by atomic mass is 16.4. The number of benzene rings is 1. The number of carboxylic acid groups (broad SMARTS) is 1. The number of carbonyl (C=O) groups is 1. The third-order valence-electron chi connectivity index (χ3n) is 2.68. The number of allylic oxidation sites excluding steroid dienone is 1. The van der Waals surface area contributed by atoms with Gasteiger partial charge >= 0.3 is 5.97 Å². The van der Waals surface area contributed by atoms with Crippen LogP contribution in [-0.4, -0.2) is 11.1 Å². The maximum atomic E-state index is 11.1. The first kappa shape index (κ1) is 9.00. The fourth-order valence-electron chi connectivity index (χ4n) is 2.00. The Morgan fingerprint density at radius 2 is 2.14 bits per heavy atom. The van der Waals surface area contributed by atoms with Gasteiger partial charge in [-0.15, -0.1) is 0 Å². The number of fused-ring (bicyclic) bond motifs is 1. The molecule has 1 aromatic carbocycles. The normalized spacial score (nSPS) is 14.4. The monoisotopic (exact) mass is 188 g/mol. The van der Waals surface area contributed by atoms with Gasteiger partial charge in [-0.3, -0.25) is 0 Å². The minimum absolute atomic E-state index is 0.517. The average molecular weight is 188 g/mol. The summed E-state index contributed by atoms with van der Waals surface area (Å²) in [6, 6.07) is 7.74. The van der Waals surface area contributed by atoms with Crippen molar-refractivity contribution in [3.63, 3.8) is 0 Å². The van der Waals surface area contributed by atoms with Crippen molar-refractivity contribution >= 4 is 11.5 Å². The smallest absolute Gasteiger partial charge is 0.336 e. The summed E-state index contributed by atoms with van der Waals surface area (Å²) in [6.07, 6.45) is 1.62. The molecule has 0 aromatic heterocycles. The van der Waals surface area contributed by atoms with Crippen molar-refractivity contribution in [1.29, 1.82) is 0 Å². The van der Waals surface area contributed by atoms with E-state index in [4.69, 9.17) is 5.11 Å². The van der Waals surface area contributed by atoms with Crippen LogP contribution in [0.4, 0.5) is 0 Å². The SMILES string of the molecule is CCC1=C(C(=O)O)c2ccccc2C1. The van der Waals surface area contributed by atoms with E-state index in [0.29, 0.717) is 5.57 Å². The van der Waals surface area contributed by atoms with Crippen LogP contribution in [0.25, 0.3) is 5.57 Å². The fraction of sp³-hybridized carbons (Fsp3) is 0.250. The van der Waals surface area contributed by atoms with Crippen LogP contribution in [0.5, 0.6) is 0 Å². The Labute approximate surface area is 82.9 Å². The van der Waals surface area contributed by atoms with Crippen LogP contribution in [0, 0.1) is 0 Å². The molecule has 0 spiro atoms. The molecule has 0 fully saturated rings. The lowest BCUT2D eigenvalue weighted by atomic mass is 10.1. The van der Waals surface area contributed by atoms with Crippen molar-refractivity contribution in [1.82, 2.24) is 0 Å². The van der Waals surface area contributed by atoms with Gasteiger partial charge in [0.25, 0.3) is 0 Å². The molecule has 72 valence electrons. The van der Waals surface area contributed by atoms with Gasteiger partial charge in [-0.1, -0.05) is 36.8 Å². The molecule has 0 unspecified atom stereocenters. The van der Waals surface area contributed by atoms with Crippen LogP contribution in [0.15, 0.2) is 29.8 Å². The van der Waals surface area contributed by atoms with E-state index in [2.05, 4.69) is 0 Å². The quantitative estimate of drug-likeness (QED) is 0.774. The van der Waals surface area contributed by atoms with Crippen LogP contribution in [0.1, 0.15) is 24.5 Å². The van der Waals surface area contributed by atoms with Crippen molar-refractivity contribution in [2.45, 2.75) is 19.8 Å². The van der Waals surface area contributed by atoms with Gasteiger partial charge in [-0.25, -0.2) is 4.79 Å². The minimum atomic E-state index is -0.799. The number of hydrogen-bond acceptors (Lipinski definition) is 1. The molecule has 0 radical (unpaired) electrons. The minimum Gasteiger partial charge on any atom is -0.478 e. The Morgan fingerprint density at radius 3 is 2.79 bits per heavy atom. The molecule has 1 aliphatic carbocycles. The summed E-state index contributed by atoms with van der Waals surface area (Å²) in [5.74, 6) is -0.799. The molecule has 0 saturated heterocycles. The second-order valence-corrected chi connectivity index (χ2v) is 3.47. The molecule has 1 N–H and O–H groups in total. The number of aliphatic carboxylic acids is 1. The average Bonchev–Trinajstić information content (AvgIpc) is 2.55. The van der Waals surface area contributed by atoms with Crippen molar-refractivity contribution in [3.8, 4) is 0 Å². The standard InChI is InChI=1S/C12H12O2/c1-2-8-7-9-5-3-4-6-10(9)11(8)12(13)14/h3-6H,2,7H2,1H3,(H,13,14). The van der Waals surface area contributed by atoms with Crippen LogP contribution >= 0.6 is 0 Å². The highest BCUT2D eigenvalue weighted by Crippen LogP contribution is 2.34. The first-order chi connectivity index (χ1) is 6.74. The van der Waals surface area contributed by atoms with Gasteiger partial charge in [0.15, 0.2) is 0 Å². The molecule has 0 aliphatic heterocycles. The molecule has 2 heteroatoms. The molecule has 0 amide bonds. The molecule has 0 atom stereocenters. The lowest BCUT2D eigenvalue weighted by Gasteiger charge is -2.00. The van der Waals surface area contributed by atoms with Gasteiger partial charge < -0.3 is 5.11 Å². The predicted octanol–water partition coefficient (Wildman–Crippen LogP) is 2.49. The van der Waals surface area contributed by atoms with Crippen molar-refractivity contribution in [3.05, 3.63) is 41.0 Å². The Bertz CT molecular complexity index is 416. The summed E-state index contributed by atoms with van der Waals surface area (Å²) in [7, 11) is 0. The van der Waals surface area contributed by atoms with E-state index >= 15 is 0 Å². The van der Waals surface area contributed by atoms with E-state index in [9.17, 15) is 4.79 Å². The molecule has 1 aliphatic rings. The largest absolute Gasteiger partial charge is 0.478 e. The van der Waals surface area contributed by atoms with Gasteiger partial charge in [0, 0.05) is 0 Å². The van der Waals surface area contributed by atoms with Gasteiger partial charge in [0.05, 0.1) is 5.57 Å². The first-order valence-electron chi connectivity index (χ1n) is 4.77. The molecule has 0 saturated carbocycles. The topological polar surface area (TPSA) is 37.3 Å². The third-order valence-corrected chi connectivity index (χ3v) is 2.68. The Morgan fingerprint density at radius 1 is 1.43 bits per heavy atom. The van der Waals surface area contributed by atoms with Crippen molar-refractivity contribution in [2.24, 2.45) is 0 Å². The van der Waals surface area contributed by atoms with Gasteiger partial charge in [-0.05, 0) is 24.0 Å². The van der Waals surface area contributed by atoms with E-state index in [-0.39, 0.29) is 0 Å². The molecule has 14 heavy (non-hydrogen) atoms. The van der Waals surface area contributed by atoms with Crippen molar-refractivity contribution in [2.75, 3.05) is 0 Å². The molecule has 0 heterocycles. The zero-order valence-electron chi connectivity index (χ0n) is 8.08. The zero-order valence-corrected chi connectivity index (χ0v) is 8.08. The van der Waals surface area contributed by atoms with E-state index in [0.717, 1.165) is 29.5 Å². The molecule has 2 nitrogen and oxygen atoms in total. The summed E-state index contributed by atoms with van der Waals surface area (Å²) in [4.78, 5) is 11.1. The van der Waals surface area contributed by atoms with E-state index < -0.39 is 5.97 Å². The van der Waals surface area contributed by atoms with Gasteiger partial charge in [0.1, 0.15) is 0 Å². The Hall–Kier alpha value is -1.57. The number of carboxylic acids is 1. The number of rotatable bonds is 2. The Balaban J connectivity index is 2.56. The molecule has 1 aromatic rings. The molecular formula is C12H12O2. The van der Waals surface area contributed by atoms with E-state index in [1.54, 1.807) is 0 Å². The van der Waals surface area contributed by atoms with Crippen molar-refractivity contribution < 1.29 is 9.90 Å². The summed E-state index contributed by atoms with van der Waals surface area (Å²) >= 11 is 0. The first-order valence-corrected chi connectivity index (χ1v) is 4.77. The van der Waals surface area contributed by atoms with Crippen LogP contribution < -0.4 is 0 Å². The number of hydrogen-bond donors (Lipinski definition) is 1. The summed E-state index contributed by atoms with van der Waals surface area (Å²) in [5, 5.41) is 9.10. The molecule has 2 rings (SSSR count). The lowest BCUT2D eigenvalue weighted by Crippen LogP contribution is -1.99. The summed E-state index contributed by atoms with van der Waals surface area (Å²) in [5.41, 5.74) is 3.60. The van der Waals surface area contributed by atoms with Crippen LogP contribution in [-0.2, 0) is 11.2 Å². The van der Waals surface area contributed by atoms with Crippen LogP contribution in [0.3, 0.4) is 0 Å². The Kier molecular flexibility index (Phi) is 2.12. The maximum absolute atomic E-state index is 11.1. The van der Waals surface area contributed by atoms with Crippen LogP contribution in [0.2, 0.25) is 0 Å². The highest BCUT2D eigenvalue weighted by molar-refractivity contribution is 6.18. The predicted molar refractivity (Wildman–Crippen MR) is 55.0 cm³/mol. The second-order valence-electron chi connectivity index (χ2n) is 3.47. The van der Waals surface area contributed by atoms with E-state index in [1.807, 2.05) is 31.2 Å². The molecule has 0 bridgehead atoms. The summed E-state index contributed by atoms with van der Waals surface area (Å²) < 4.78 is 0. The third kappa shape index (κ3) is 1.23. The lowest BCUT2D eigenvalue weighted by molar-refractivity contribution is -0.130. The fourth-order valence-corrected chi connectivity index (χ4v) is 2.00. The second kappa shape index (κ2) is 3.29.